The maximum absolute atomic E-state index is 12.9. The number of quaternary nitrogens is 1. The Morgan fingerprint density at radius 1 is 0.388 bits per heavy atom. The molecule has 0 bridgehead atoms. The summed E-state index contributed by atoms with van der Waals surface area (Å²) in [5.41, 5.74) is 0. The monoisotopic (exact) mass is 1120 g/mol. The second-order valence-electron chi connectivity index (χ2n) is 23.8. The largest absolute Gasteiger partial charge is 0.477 e. The fourth-order valence-corrected chi connectivity index (χ4v) is 9.61. The Kier molecular flexibility index (Phi) is 59.3. The zero-order valence-electron chi connectivity index (χ0n) is 53.0. The van der Waals surface area contributed by atoms with Gasteiger partial charge in [0, 0.05) is 12.8 Å². The zero-order chi connectivity index (χ0) is 58.3. The van der Waals surface area contributed by atoms with Crippen molar-refractivity contribution in [2.45, 2.75) is 315 Å². The van der Waals surface area contributed by atoms with Crippen molar-refractivity contribution in [2.24, 2.45) is 0 Å². The molecule has 9 heteroatoms. The number of hydrogen-bond donors (Lipinski definition) is 1. The van der Waals surface area contributed by atoms with Crippen LogP contribution in [0.2, 0.25) is 0 Å². The molecule has 0 aliphatic heterocycles. The van der Waals surface area contributed by atoms with E-state index in [-0.39, 0.29) is 32.2 Å². The number of allylic oxidation sites excluding steroid dienone is 12. The number of unbranched alkanes of at least 4 members (excludes halogenated alkanes) is 35. The number of carbonyl (C=O) groups excluding carboxylic acids is 2. The molecule has 0 radical (unpaired) electrons. The van der Waals surface area contributed by atoms with E-state index in [9.17, 15) is 19.5 Å². The van der Waals surface area contributed by atoms with Crippen molar-refractivity contribution in [2.75, 3.05) is 47.5 Å². The standard InChI is InChI=1S/C71H127NO8/c1-6-8-10-12-14-16-18-20-22-24-26-28-29-30-31-32-33-34-35-36-37-38-39-40-42-43-45-47-49-51-53-55-57-59-61-68(73)78-65-67(66-79-71(70(75)76)77-64-63-72(3,4)5)80-69(74)62-60-58-56-54-52-50-48-46-44-41-27-25-23-21-19-17-15-13-11-9-7-2/h9,11,15,17,21,23,27,41,46,48,52,54,67,71H,6-8,10,12-14,16,18-20,22,24-26,28-40,42-45,47,49-51,53,55-66H2,1-5H3/p+1/b11-9-,17-15-,23-21-,41-27-,48-46-,54-52-. The Morgan fingerprint density at radius 2 is 0.713 bits per heavy atom. The second-order valence-corrected chi connectivity index (χ2v) is 23.8. The van der Waals surface area contributed by atoms with Crippen molar-refractivity contribution >= 4 is 17.9 Å². The molecule has 80 heavy (non-hydrogen) atoms. The summed E-state index contributed by atoms with van der Waals surface area (Å²) >= 11 is 0. The van der Waals surface area contributed by atoms with Crippen LogP contribution in [0.4, 0.5) is 0 Å². The first-order valence-electron chi connectivity index (χ1n) is 33.6. The van der Waals surface area contributed by atoms with Gasteiger partial charge in [-0.2, -0.15) is 0 Å². The molecule has 0 rings (SSSR count). The fraction of sp³-hybridized carbons (Fsp3) is 0.789. The summed E-state index contributed by atoms with van der Waals surface area (Å²) in [7, 11) is 5.96. The van der Waals surface area contributed by atoms with E-state index >= 15 is 0 Å². The number of carbonyl (C=O) groups is 3. The summed E-state index contributed by atoms with van der Waals surface area (Å²) in [5.74, 6) is -2.06. The van der Waals surface area contributed by atoms with Gasteiger partial charge in [-0.05, 0) is 64.2 Å². The molecule has 1 N–H and O–H groups in total. The molecule has 0 aromatic rings. The SMILES string of the molecule is CC/C=C\C/C=C\C/C=C\C/C=C\C/C=C\C/C=C\CCCCC(=O)OC(COC(=O)CCCCCCCCCCCCCCCCCCCCCCCCCCCCCCCCCCCC)COC(OCC[N+](C)(C)C)C(=O)O. The normalized spacial score (nSPS) is 13.2. The molecule has 0 amide bonds. The van der Waals surface area contributed by atoms with Crippen LogP contribution in [0, 0.1) is 0 Å². The van der Waals surface area contributed by atoms with Crippen LogP contribution in [0.25, 0.3) is 0 Å². The van der Waals surface area contributed by atoms with Gasteiger partial charge < -0.3 is 28.5 Å². The van der Waals surface area contributed by atoms with E-state index in [0.717, 1.165) is 70.6 Å². The lowest BCUT2D eigenvalue weighted by Crippen LogP contribution is -2.40. The quantitative estimate of drug-likeness (QED) is 0.0211. The van der Waals surface area contributed by atoms with E-state index in [0.29, 0.717) is 23.9 Å². The van der Waals surface area contributed by atoms with Crippen LogP contribution in [0.3, 0.4) is 0 Å². The minimum atomic E-state index is -1.53. The van der Waals surface area contributed by atoms with Crippen molar-refractivity contribution in [3.63, 3.8) is 0 Å². The number of hydrogen-bond acceptors (Lipinski definition) is 7. The van der Waals surface area contributed by atoms with E-state index in [1.165, 1.54) is 199 Å². The molecule has 0 heterocycles. The van der Waals surface area contributed by atoms with Crippen molar-refractivity contribution < 1.29 is 42.9 Å². The van der Waals surface area contributed by atoms with Gasteiger partial charge in [0.25, 0.3) is 6.29 Å². The first-order valence-corrected chi connectivity index (χ1v) is 33.6. The third-order valence-electron chi connectivity index (χ3n) is 14.7. The number of ether oxygens (including phenoxy) is 4. The number of carboxylic acids is 1. The molecule has 0 aliphatic carbocycles. The average Bonchev–Trinajstić information content (AvgIpc) is 3.43. The minimum Gasteiger partial charge on any atom is -0.477 e. The van der Waals surface area contributed by atoms with Gasteiger partial charge in [0.05, 0.1) is 34.4 Å². The van der Waals surface area contributed by atoms with Gasteiger partial charge in [0.2, 0.25) is 0 Å². The predicted octanol–water partition coefficient (Wildman–Crippen LogP) is 20.5. The Bertz CT molecular complexity index is 1540. The van der Waals surface area contributed by atoms with Crippen LogP contribution in [0.15, 0.2) is 72.9 Å². The molecule has 0 aromatic heterocycles. The van der Waals surface area contributed by atoms with Crippen molar-refractivity contribution in [1.82, 2.24) is 0 Å². The summed E-state index contributed by atoms with van der Waals surface area (Å²) in [6.07, 6.45) is 78.9. The van der Waals surface area contributed by atoms with Crippen molar-refractivity contribution in [3.05, 3.63) is 72.9 Å². The topological polar surface area (TPSA) is 108 Å². The number of esters is 2. The highest BCUT2D eigenvalue weighted by molar-refractivity contribution is 5.71. The van der Waals surface area contributed by atoms with Gasteiger partial charge in [-0.25, -0.2) is 4.79 Å². The third-order valence-corrected chi connectivity index (χ3v) is 14.7. The third kappa shape index (κ3) is 62.3. The molecule has 2 atom stereocenters. The lowest BCUT2D eigenvalue weighted by Gasteiger charge is -2.25. The van der Waals surface area contributed by atoms with Gasteiger partial charge in [0.1, 0.15) is 13.2 Å². The molecule has 0 spiro atoms. The average molecular weight is 1120 g/mol. The molecule has 0 saturated carbocycles. The van der Waals surface area contributed by atoms with E-state index in [1.54, 1.807) is 0 Å². The number of likely N-dealkylation sites (N-methyl/N-ethyl adjacent to an activating group) is 1. The van der Waals surface area contributed by atoms with Crippen LogP contribution in [0.1, 0.15) is 303 Å². The van der Waals surface area contributed by atoms with E-state index in [1.807, 2.05) is 21.1 Å². The van der Waals surface area contributed by atoms with Crippen molar-refractivity contribution in [3.8, 4) is 0 Å². The summed E-state index contributed by atoms with van der Waals surface area (Å²) in [6.45, 7) is 4.75. The molecular weight excluding hydrogens is 995 g/mol. The molecule has 0 fully saturated rings. The van der Waals surface area contributed by atoms with Crippen LogP contribution in [-0.2, 0) is 33.3 Å². The predicted molar refractivity (Wildman–Crippen MR) is 341 cm³/mol. The van der Waals surface area contributed by atoms with Crippen molar-refractivity contribution in [1.29, 1.82) is 0 Å². The highest BCUT2D eigenvalue weighted by Crippen LogP contribution is 2.18. The molecular formula is C71H128NO8+. The van der Waals surface area contributed by atoms with Crippen LogP contribution in [-0.4, -0.2) is 87.4 Å². The molecule has 9 nitrogen and oxygen atoms in total. The minimum absolute atomic E-state index is 0.177. The Labute approximate surface area is 494 Å². The molecule has 464 valence electrons. The Morgan fingerprint density at radius 3 is 1.06 bits per heavy atom. The second kappa shape index (κ2) is 61.8. The van der Waals surface area contributed by atoms with Crippen LogP contribution in [0.5, 0.6) is 0 Å². The fourth-order valence-electron chi connectivity index (χ4n) is 9.61. The van der Waals surface area contributed by atoms with E-state index < -0.39 is 24.3 Å². The zero-order valence-corrected chi connectivity index (χ0v) is 53.0. The summed E-state index contributed by atoms with van der Waals surface area (Å²) in [6, 6.07) is 0. The van der Waals surface area contributed by atoms with E-state index in [2.05, 4.69) is 86.8 Å². The summed E-state index contributed by atoms with van der Waals surface area (Å²) < 4.78 is 22.9. The molecule has 0 saturated heterocycles. The number of aliphatic carboxylic acids is 1. The Hall–Kier alpha value is -3.27. The maximum atomic E-state index is 12.9. The molecule has 0 aliphatic rings. The van der Waals surface area contributed by atoms with Gasteiger partial charge in [-0.3, -0.25) is 9.59 Å². The van der Waals surface area contributed by atoms with E-state index in [4.69, 9.17) is 18.9 Å². The Balaban J connectivity index is 4.10. The first-order chi connectivity index (χ1) is 39.1. The smallest absolute Gasteiger partial charge is 0.361 e. The molecule has 0 aromatic carbocycles. The lowest BCUT2D eigenvalue weighted by molar-refractivity contribution is -0.870. The highest BCUT2D eigenvalue weighted by Gasteiger charge is 2.25. The molecule has 2 unspecified atom stereocenters. The van der Waals surface area contributed by atoms with Gasteiger partial charge >= 0.3 is 17.9 Å². The summed E-state index contributed by atoms with van der Waals surface area (Å²) in [4.78, 5) is 37.5. The van der Waals surface area contributed by atoms with Crippen LogP contribution >= 0.6 is 0 Å². The van der Waals surface area contributed by atoms with Gasteiger partial charge in [0.15, 0.2) is 6.10 Å². The number of carboxylic acid groups (broad SMARTS) is 1. The van der Waals surface area contributed by atoms with Gasteiger partial charge in [-0.1, -0.05) is 299 Å². The number of rotatable bonds is 62. The summed E-state index contributed by atoms with van der Waals surface area (Å²) in [5, 5.41) is 9.72. The lowest BCUT2D eigenvalue weighted by atomic mass is 10.0. The first kappa shape index (κ1) is 76.7. The number of nitrogens with zero attached hydrogens (tertiary/aromatic N) is 1. The van der Waals surface area contributed by atoms with Gasteiger partial charge in [-0.15, -0.1) is 0 Å². The highest BCUT2D eigenvalue weighted by atomic mass is 16.7. The maximum Gasteiger partial charge on any atom is 0.361 e. The van der Waals surface area contributed by atoms with Crippen LogP contribution < -0.4 is 0 Å².